The van der Waals surface area contributed by atoms with Crippen molar-refractivity contribution >= 4 is 12.0 Å². The van der Waals surface area contributed by atoms with Crippen molar-refractivity contribution in [3.8, 4) is 16.9 Å². The third-order valence-electron chi connectivity index (χ3n) is 4.16. The van der Waals surface area contributed by atoms with E-state index in [-0.39, 0.29) is 11.9 Å². The van der Waals surface area contributed by atoms with Crippen LogP contribution in [0.5, 0.6) is 5.75 Å². The van der Waals surface area contributed by atoms with Gasteiger partial charge < -0.3 is 10.1 Å². The van der Waals surface area contributed by atoms with Crippen molar-refractivity contribution in [2.45, 2.75) is 40.7 Å². The minimum absolute atomic E-state index is 0.0220. The van der Waals surface area contributed by atoms with Crippen LogP contribution < -0.4 is 10.1 Å². The zero-order valence-corrected chi connectivity index (χ0v) is 15.9. The van der Waals surface area contributed by atoms with E-state index in [1.165, 1.54) is 11.1 Å². The molecule has 1 N–H and O–H groups in total. The number of hydrogen-bond donors (Lipinski definition) is 1. The van der Waals surface area contributed by atoms with Crippen molar-refractivity contribution < 1.29 is 9.53 Å². The van der Waals surface area contributed by atoms with Gasteiger partial charge in [-0.2, -0.15) is 0 Å². The van der Waals surface area contributed by atoms with Crippen molar-refractivity contribution in [1.82, 2.24) is 5.32 Å². The summed E-state index contributed by atoms with van der Waals surface area (Å²) in [5, 5.41) is 2.93. The number of amides is 1. The van der Waals surface area contributed by atoms with Crippen LogP contribution in [0.25, 0.3) is 17.2 Å². The Morgan fingerprint density at radius 2 is 1.72 bits per heavy atom. The Morgan fingerprint density at radius 1 is 1.08 bits per heavy atom. The van der Waals surface area contributed by atoms with E-state index in [0.717, 1.165) is 22.4 Å². The summed E-state index contributed by atoms with van der Waals surface area (Å²) >= 11 is 0. The number of rotatable bonds is 5. The molecule has 1 amide bonds. The molecule has 0 unspecified atom stereocenters. The fourth-order valence-electron chi connectivity index (χ4n) is 2.75. The lowest BCUT2D eigenvalue weighted by atomic mass is 9.94. The lowest BCUT2D eigenvalue weighted by molar-refractivity contribution is -0.117. The Hall–Kier alpha value is -2.55. The normalized spacial score (nSPS) is 11.6. The first kappa shape index (κ1) is 18.8. The molecule has 0 atom stereocenters. The smallest absolute Gasteiger partial charge is 0.247 e. The summed E-state index contributed by atoms with van der Waals surface area (Å²) in [5.74, 6) is 0.829. The second-order valence-corrected chi connectivity index (χ2v) is 6.71. The lowest BCUT2D eigenvalue weighted by Crippen LogP contribution is -2.30. The lowest BCUT2D eigenvalue weighted by Gasteiger charge is -2.13. The standard InChI is InChI=1S/C22H27NO2/c1-14(2)23-22(24)17(5)12-19-11-16(4)21(13-15(19)3)18-7-9-20(25-6)10-8-18/h7-14H,1-6H3,(H,23,24)/b17-12+. The third-order valence-corrected chi connectivity index (χ3v) is 4.16. The Kier molecular flexibility index (Phi) is 6.02. The molecule has 0 aliphatic heterocycles. The maximum Gasteiger partial charge on any atom is 0.247 e. The summed E-state index contributed by atoms with van der Waals surface area (Å²) < 4.78 is 5.23. The number of aryl methyl sites for hydroxylation is 2. The van der Waals surface area contributed by atoms with Gasteiger partial charge in [0.25, 0.3) is 0 Å². The first-order valence-corrected chi connectivity index (χ1v) is 8.56. The van der Waals surface area contributed by atoms with Crippen molar-refractivity contribution in [2.75, 3.05) is 7.11 Å². The average Bonchev–Trinajstić information content (AvgIpc) is 2.57. The van der Waals surface area contributed by atoms with E-state index < -0.39 is 0 Å². The van der Waals surface area contributed by atoms with E-state index in [9.17, 15) is 4.79 Å². The fraction of sp³-hybridized carbons (Fsp3) is 0.318. The van der Waals surface area contributed by atoms with Gasteiger partial charge in [0.1, 0.15) is 5.75 Å². The van der Waals surface area contributed by atoms with Crippen molar-refractivity contribution in [2.24, 2.45) is 0 Å². The van der Waals surface area contributed by atoms with Gasteiger partial charge in [-0.25, -0.2) is 0 Å². The van der Waals surface area contributed by atoms with Crippen LogP contribution in [-0.2, 0) is 4.79 Å². The molecule has 3 nitrogen and oxygen atoms in total. The molecule has 0 aliphatic carbocycles. The highest BCUT2D eigenvalue weighted by molar-refractivity contribution is 5.97. The number of benzene rings is 2. The monoisotopic (exact) mass is 337 g/mol. The number of nitrogens with one attached hydrogen (secondary N) is 1. The second kappa shape index (κ2) is 8.02. The largest absolute Gasteiger partial charge is 0.497 e. The van der Waals surface area contributed by atoms with E-state index in [2.05, 4.69) is 43.4 Å². The van der Waals surface area contributed by atoms with Gasteiger partial charge in [0.2, 0.25) is 5.91 Å². The summed E-state index contributed by atoms with van der Waals surface area (Å²) in [7, 11) is 1.67. The molecule has 0 aromatic heterocycles. The van der Waals surface area contributed by atoms with Crippen LogP contribution in [0.2, 0.25) is 0 Å². The van der Waals surface area contributed by atoms with E-state index in [4.69, 9.17) is 4.74 Å². The highest BCUT2D eigenvalue weighted by Crippen LogP contribution is 2.29. The topological polar surface area (TPSA) is 38.3 Å². The van der Waals surface area contributed by atoms with E-state index in [0.29, 0.717) is 5.57 Å². The summed E-state index contributed by atoms with van der Waals surface area (Å²) in [4.78, 5) is 12.1. The van der Waals surface area contributed by atoms with Gasteiger partial charge in [0.05, 0.1) is 7.11 Å². The van der Waals surface area contributed by atoms with Gasteiger partial charge in [-0.3, -0.25) is 4.79 Å². The maximum atomic E-state index is 12.1. The van der Waals surface area contributed by atoms with Crippen molar-refractivity contribution in [3.63, 3.8) is 0 Å². The van der Waals surface area contributed by atoms with E-state index >= 15 is 0 Å². The van der Waals surface area contributed by atoms with Crippen molar-refractivity contribution in [1.29, 1.82) is 0 Å². The summed E-state index contributed by atoms with van der Waals surface area (Å²) in [6, 6.07) is 12.5. The molecule has 2 rings (SSSR count). The number of carbonyl (C=O) groups excluding carboxylic acids is 1. The van der Waals surface area contributed by atoms with Crippen LogP contribution in [0.3, 0.4) is 0 Å². The molecule has 132 valence electrons. The number of carbonyl (C=O) groups is 1. The quantitative estimate of drug-likeness (QED) is 0.788. The van der Waals surface area contributed by atoms with Crippen LogP contribution in [0.4, 0.5) is 0 Å². The van der Waals surface area contributed by atoms with Gasteiger partial charge in [-0.05, 0) is 80.6 Å². The van der Waals surface area contributed by atoms with Crippen LogP contribution in [0, 0.1) is 13.8 Å². The Balaban J connectivity index is 2.34. The molecule has 0 radical (unpaired) electrons. The van der Waals surface area contributed by atoms with Gasteiger partial charge in [-0.1, -0.05) is 24.3 Å². The van der Waals surface area contributed by atoms with Crippen molar-refractivity contribution in [3.05, 3.63) is 58.7 Å². The Bertz CT molecular complexity index is 786. The predicted octanol–water partition coefficient (Wildman–Crippen LogP) is 4.91. The summed E-state index contributed by atoms with van der Waals surface area (Å²) in [5.41, 5.74) is 6.47. The van der Waals surface area contributed by atoms with Crippen LogP contribution >= 0.6 is 0 Å². The zero-order valence-electron chi connectivity index (χ0n) is 15.9. The molecule has 3 heteroatoms. The number of hydrogen-bond acceptors (Lipinski definition) is 2. The molecular formula is C22H27NO2. The number of ether oxygens (including phenoxy) is 1. The Labute approximate surface area is 150 Å². The minimum atomic E-state index is -0.0220. The maximum absolute atomic E-state index is 12.1. The van der Waals surface area contributed by atoms with Gasteiger partial charge in [-0.15, -0.1) is 0 Å². The predicted molar refractivity (Wildman–Crippen MR) is 105 cm³/mol. The minimum Gasteiger partial charge on any atom is -0.497 e. The zero-order chi connectivity index (χ0) is 18.6. The molecule has 25 heavy (non-hydrogen) atoms. The fourth-order valence-corrected chi connectivity index (χ4v) is 2.75. The molecule has 0 spiro atoms. The molecule has 0 bridgehead atoms. The molecule has 0 fully saturated rings. The van der Waals surface area contributed by atoms with E-state index in [1.54, 1.807) is 7.11 Å². The molecule has 0 saturated carbocycles. The first-order valence-electron chi connectivity index (χ1n) is 8.56. The SMILES string of the molecule is COc1ccc(-c2cc(C)c(/C=C(\C)C(=O)NC(C)C)cc2C)cc1. The summed E-state index contributed by atoms with van der Waals surface area (Å²) in [6.07, 6.45) is 1.96. The van der Waals surface area contributed by atoms with Gasteiger partial charge in [0, 0.05) is 11.6 Å². The molecule has 0 heterocycles. The van der Waals surface area contributed by atoms with Crippen LogP contribution in [0.15, 0.2) is 42.0 Å². The second-order valence-electron chi connectivity index (χ2n) is 6.71. The molecular weight excluding hydrogens is 310 g/mol. The average molecular weight is 337 g/mol. The number of methoxy groups -OCH3 is 1. The molecule has 0 saturated heterocycles. The highest BCUT2D eigenvalue weighted by Gasteiger charge is 2.09. The van der Waals surface area contributed by atoms with Crippen LogP contribution in [0.1, 0.15) is 37.5 Å². The molecule has 2 aromatic carbocycles. The van der Waals surface area contributed by atoms with Gasteiger partial charge >= 0.3 is 0 Å². The van der Waals surface area contributed by atoms with E-state index in [1.807, 2.05) is 39.0 Å². The van der Waals surface area contributed by atoms with Crippen LogP contribution in [-0.4, -0.2) is 19.1 Å². The Morgan fingerprint density at radius 3 is 2.28 bits per heavy atom. The van der Waals surface area contributed by atoms with Gasteiger partial charge in [0.15, 0.2) is 0 Å². The third kappa shape index (κ3) is 4.72. The summed E-state index contributed by atoms with van der Waals surface area (Å²) in [6.45, 7) is 9.95. The molecule has 2 aromatic rings. The highest BCUT2D eigenvalue weighted by atomic mass is 16.5. The first-order chi connectivity index (χ1) is 11.8. The molecule has 0 aliphatic rings.